The molecule has 1 heterocycles. The summed E-state index contributed by atoms with van der Waals surface area (Å²) in [6.07, 6.45) is 0. The van der Waals surface area contributed by atoms with Crippen LogP contribution < -0.4 is 10.2 Å². The van der Waals surface area contributed by atoms with Gasteiger partial charge in [-0.25, -0.2) is 4.21 Å². The first-order chi connectivity index (χ1) is 17.3. The van der Waals surface area contributed by atoms with Gasteiger partial charge in [0.25, 0.3) is 11.8 Å². The van der Waals surface area contributed by atoms with Crippen molar-refractivity contribution in [3.63, 3.8) is 0 Å². The number of rotatable bonds is 4. The monoisotopic (exact) mass is 578 g/mol. The van der Waals surface area contributed by atoms with E-state index in [1.54, 1.807) is 65.6 Å². The summed E-state index contributed by atoms with van der Waals surface area (Å²) in [5, 5.41) is 3.46. The Morgan fingerprint density at radius 1 is 0.972 bits per heavy atom. The van der Waals surface area contributed by atoms with Crippen molar-refractivity contribution in [3.05, 3.63) is 117 Å². The van der Waals surface area contributed by atoms with E-state index in [1.807, 2.05) is 31.2 Å². The van der Waals surface area contributed by atoms with Crippen molar-refractivity contribution < 1.29 is 13.8 Å². The highest BCUT2D eigenvalue weighted by Gasteiger charge is 2.31. The van der Waals surface area contributed by atoms with Gasteiger partial charge in [0.15, 0.2) is 0 Å². The van der Waals surface area contributed by atoms with Crippen LogP contribution in [-0.4, -0.2) is 16.0 Å². The number of hydrogen-bond acceptors (Lipinski definition) is 3. The Balaban J connectivity index is 1.59. The molecule has 1 N–H and O–H groups in total. The van der Waals surface area contributed by atoms with Gasteiger partial charge in [-0.05, 0) is 78.7 Å². The van der Waals surface area contributed by atoms with Crippen LogP contribution in [0.1, 0.15) is 31.8 Å². The molecule has 0 radical (unpaired) electrons. The van der Waals surface area contributed by atoms with E-state index in [0.29, 0.717) is 37.3 Å². The zero-order valence-electron chi connectivity index (χ0n) is 19.1. The molecule has 180 valence electrons. The number of hydrogen-bond donors (Lipinski definition) is 1. The third-order valence-electron chi connectivity index (χ3n) is 5.92. The van der Waals surface area contributed by atoms with E-state index in [-0.39, 0.29) is 18.4 Å². The highest BCUT2D eigenvalue weighted by molar-refractivity contribution is 9.10. The van der Waals surface area contributed by atoms with Crippen molar-refractivity contribution in [3.8, 4) is 0 Å². The van der Waals surface area contributed by atoms with E-state index in [4.69, 9.17) is 11.6 Å². The molecule has 0 aromatic heterocycles. The van der Waals surface area contributed by atoms with Crippen molar-refractivity contribution in [2.45, 2.75) is 23.3 Å². The maximum atomic E-state index is 13.7. The van der Waals surface area contributed by atoms with E-state index in [9.17, 15) is 13.8 Å². The topological polar surface area (TPSA) is 66.5 Å². The number of nitrogens with zero attached hydrogens (tertiary/aromatic N) is 1. The smallest absolute Gasteiger partial charge is 0.259 e. The fourth-order valence-corrected chi connectivity index (χ4v) is 5.91. The Bertz CT molecular complexity index is 1560. The van der Waals surface area contributed by atoms with Gasteiger partial charge in [-0.3, -0.25) is 9.59 Å². The van der Waals surface area contributed by atoms with Gasteiger partial charge in [-0.15, -0.1) is 0 Å². The number of aryl methyl sites for hydroxylation is 1. The Morgan fingerprint density at radius 3 is 2.56 bits per heavy atom. The van der Waals surface area contributed by atoms with Crippen molar-refractivity contribution in [1.82, 2.24) is 0 Å². The Labute approximate surface area is 224 Å². The van der Waals surface area contributed by atoms with Crippen molar-refractivity contribution in [1.29, 1.82) is 0 Å². The van der Waals surface area contributed by atoms with Gasteiger partial charge in [-0.2, -0.15) is 0 Å². The maximum absolute atomic E-state index is 13.7. The lowest BCUT2D eigenvalue weighted by atomic mass is 10.1. The van der Waals surface area contributed by atoms with Gasteiger partial charge < -0.3 is 10.2 Å². The van der Waals surface area contributed by atoms with E-state index >= 15 is 0 Å². The number of benzene rings is 4. The molecule has 0 spiro atoms. The molecule has 5 rings (SSSR count). The minimum absolute atomic E-state index is 0.203. The predicted octanol–water partition coefficient (Wildman–Crippen LogP) is 6.99. The van der Waals surface area contributed by atoms with E-state index in [2.05, 4.69) is 21.2 Å². The molecule has 0 fully saturated rings. The number of amides is 2. The number of halogens is 2. The van der Waals surface area contributed by atoms with Crippen LogP contribution in [-0.2, 0) is 17.3 Å². The van der Waals surface area contributed by atoms with Crippen molar-refractivity contribution >= 4 is 61.5 Å². The number of carbonyl (C=O) groups is 2. The Morgan fingerprint density at radius 2 is 1.78 bits per heavy atom. The van der Waals surface area contributed by atoms with Crippen LogP contribution in [0.4, 0.5) is 11.4 Å². The van der Waals surface area contributed by atoms with Crippen LogP contribution in [0.5, 0.6) is 0 Å². The molecular weight excluding hydrogens is 560 g/mol. The lowest BCUT2D eigenvalue weighted by Gasteiger charge is -2.24. The van der Waals surface area contributed by atoms with Crippen molar-refractivity contribution in [2.75, 3.05) is 10.2 Å². The quantitative estimate of drug-likeness (QED) is 0.283. The first-order valence-corrected chi connectivity index (χ1v) is 13.4. The number of anilines is 2. The second-order valence-electron chi connectivity index (χ2n) is 8.39. The predicted molar refractivity (Wildman–Crippen MR) is 146 cm³/mol. The van der Waals surface area contributed by atoms with E-state index < -0.39 is 10.8 Å². The van der Waals surface area contributed by atoms with Gasteiger partial charge in [0.1, 0.15) is 0 Å². The van der Waals surface area contributed by atoms with Gasteiger partial charge in [0.05, 0.1) is 38.4 Å². The van der Waals surface area contributed by atoms with E-state index in [1.165, 1.54) is 0 Å². The summed E-state index contributed by atoms with van der Waals surface area (Å²) in [5.41, 5.74) is 3.59. The summed E-state index contributed by atoms with van der Waals surface area (Å²) in [5.74, 6) is -0.624. The molecule has 1 unspecified atom stereocenters. The van der Waals surface area contributed by atoms with Gasteiger partial charge >= 0.3 is 0 Å². The second-order valence-corrected chi connectivity index (χ2v) is 11.1. The number of carbonyl (C=O) groups excluding carboxylic acids is 2. The molecule has 2 amide bonds. The van der Waals surface area contributed by atoms with Crippen LogP contribution in [0, 0.1) is 6.92 Å². The summed E-state index contributed by atoms with van der Waals surface area (Å²) < 4.78 is 14.5. The molecule has 5 nitrogen and oxygen atoms in total. The standard InChI is InChI=1S/C28H20BrClN2O3S/c1-17-13-21(10-11-23(17)29)31-27(33)19-9-12-26-24(15-19)32(16-18-5-4-6-20(30)14-18)28(34)22-7-2-3-8-25(22)36(26)35/h2-15H,16H2,1H3,(H,31,33). The van der Waals surface area contributed by atoms with Crippen LogP contribution in [0.25, 0.3) is 0 Å². The Kier molecular flexibility index (Phi) is 6.79. The largest absolute Gasteiger partial charge is 0.322 e. The summed E-state index contributed by atoms with van der Waals surface area (Å²) in [6, 6.07) is 24.6. The molecule has 1 aliphatic heterocycles. The zero-order valence-corrected chi connectivity index (χ0v) is 22.3. The number of nitrogens with one attached hydrogen (secondary N) is 1. The van der Waals surface area contributed by atoms with E-state index in [0.717, 1.165) is 15.6 Å². The highest BCUT2D eigenvalue weighted by Crippen LogP contribution is 2.36. The summed E-state index contributed by atoms with van der Waals surface area (Å²) in [4.78, 5) is 29.4. The molecule has 0 aliphatic carbocycles. The zero-order chi connectivity index (χ0) is 25.4. The molecule has 8 heteroatoms. The lowest BCUT2D eigenvalue weighted by Crippen LogP contribution is -2.30. The average molecular weight is 580 g/mol. The summed E-state index contributed by atoms with van der Waals surface area (Å²) in [7, 11) is -1.60. The Hall–Kier alpha value is -3.26. The first kappa shape index (κ1) is 24.4. The fraction of sp³-hybridized carbons (Fsp3) is 0.0714. The lowest BCUT2D eigenvalue weighted by molar-refractivity contribution is 0.0979. The molecule has 0 saturated carbocycles. The first-order valence-electron chi connectivity index (χ1n) is 11.1. The summed E-state index contributed by atoms with van der Waals surface area (Å²) >= 11 is 9.66. The minimum Gasteiger partial charge on any atom is -0.322 e. The molecule has 36 heavy (non-hydrogen) atoms. The van der Waals surface area contributed by atoms with Crippen LogP contribution in [0.3, 0.4) is 0 Å². The molecule has 0 saturated heterocycles. The number of fused-ring (bicyclic) bond motifs is 2. The third kappa shape index (κ3) is 4.74. The van der Waals surface area contributed by atoms with Crippen LogP contribution in [0.15, 0.2) is 99.2 Å². The van der Waals surface area contributed by atoms with Gasteiger partial charge in [-0.1, -0.05) is 51.8 Å². The van der Waals surface area contributed by atoms with Crippen LogP contribution in [0.2, 0.25) is 5.02 Å². The van der Waals surface area contributed by atoms with Crippen LogP contribution >= 0.6 is 27.5 Å². The SMILES string of the molecule is Cc1cc(NC(=O)c2ccc3c(c2)N(Cc2cccc(Cl)c2)C(=O)c2ccccc2S3=O)ccc1Br. The molecule has 4 aromatic rings. The second kappa shape index (κ2) is 10.0. The third-order valence-corrected chi connectivity index (χ3v) is 8.54. The molecule has 0 bridgehead atoms. The normalized spacial score (nSPS) is 14.6. The molecule has 1 atom stereocenters. The highest BCUT2D eigenvalue weighted by atomic mass is 79.9. The molecule has 4 aromatic carbocycles. The molecule has 1 aliphatic rings. The van der Waals surface area contributed by atoms with Crippen molar-refractivity contribution in [2.24, 2.45) is 0 Å². The minimum atomic E-state index is -1.60. The average Bonchev–Trinajstić information content (AvgIpc) is 2.96. The van der Waals surface area contributed by atoms with Gasteiger partial charge in [0, 0.05) is 20.7 Å². The van der Waals surface area contributed by atoms with Gasteiger partial charge in [0.2, 0.25) is 0 Å². The fourth-order valence-electron chi connectivity index (χ4n) is 4.11. The maximum Gasteiger partial charge on any atom is 0.259 e. The summed E-state index contributed by atoms with van der Waals surface area (Å²) in [6.45, 7) is 2.14. The molecular formula is C28H20BrClN2O3S.